The first-order chi connectivity index (χ1) is 4.31. The molecular formula is C6H15NOS. The number of rotatable bonds is 5. The van der Waals surface area contributed by atoms with Crippen LogP contribution in [0.1, 0.15) is 13.3 Å². The fraction of sp³-hybridized carbons (Fsp3) is 1.00. The number of thioether (sulfide) groups is 1. The Morgan fingerprint density at radius 2 is 2.33 bits per heavy atom. The van der Waals surface area contributed by atoms with Gasteiger partial charge in [-0.2, -0.15) is 11.8 Å². The van der Waals surface area contributed by atoms with Crippen LogP contribution in [0.2, 0.25) is 0 Å². The quantitative estimate of drug-likeness (QED) is 0.558. The Kier molecular flexibility index (Phi) is 6.58. The van der Waals surface area contributed by atoms with Gasteiger partial charge in [-0.05, 0) is 17.9 Å². The van der Waals surface area contributed by atoms with Crippen molar-refractivity contribution in [3.05, 3.63) is 0 Å². The number of aliphatic hydroxyl groups is 1. The maximum Gasteiger partial charge on any atom is 0.0582 e. The van der Waals surface area contributed by atoms with Crippen LogP contribution in [-0.2, 0) is 0 Å². The third-order valence-electron chi connectivity index (χ3n) is 1.07. The number of hydrogen-bond acceptors (Lipinski definition) is 3. The van der Waals surface area contributed by atoms with Crippen LogP contribution < -0.4 is 5.73 Å². The summed E-state index contributed by atoms with van der Waals surface area (Å²) in [7, 11) is 0. The number of hydrogen-bond donors (Lipinski definition) is 2. The Balaban J connectivity index is 2.88. The van der Waals surface area contributed by atoms with E-state index in [-0.39, 0.29) is 12.6 Å². The van der Waals surface area contributed by atoms with Crippen LogP contribution in [0.3, 0.4) is 0 Å². The number of nitrogens with two attached hydrogens (primary N) is 1. The maximum atomic E-state index is 8.50. The lowest BCUT2D eigenvalue weighted by molar-refractivity contribution is 0.264. The van der Waals surface area contributed by atoms with E-state index in [1.165, 1.54) is 0 Å². The highest BCUT2D eigenvalue weighted by Crippen LogP contribution is 2.01. The Bertz CT molecular complexity index is 61.0. The lowest BCUT2D eigenvalue weighted by Crippen LogP contribution is -2.24. The highest BCUT2D eigenvalue weighted by Gasteiger charge is 1.97. The second-order valence-electron chi connectivity index (χ2n) is 1.93. The molecule has 0 aromatic heterocycles. The van der Waals surface area contributed by atoms with Crippen LogP contribution in [0.15, 0.2) is 0 Å². The van der Waals surface area contributed by atoms with Gasteiger partial charge in [0, 0.05) is 6.04 Å². The average Bonchev–Trinajstić information content (AvgIpc) is 1.89. The molecular weight excluding hydrogens is 134 g/mol. The molecule has 2 nitrogen and oxygen atoms in total. The Labute approximate surface area is 60.8 Å². The highest BCUT2D eigenvalue weighted by molar-refractivity contribution is 7.99. The predicted octanol–water partition coefficient (Wildman–Crippen LogP) is 0.449. The number of aliphatic hydroxyl groups excluding tert-OH is 1. The maximum absolute atomic E-state index is 8.50. The highest BCUT2D eigenvalue weighted by atomic mass is 32.2. The summed E-state index contributed by atoms with van der Waals surface area (Å²) in [4.78, 5) is 0. The summed E-state index contributed by atoms with van der Waals surface area (Å²) in [6.45, 7) is 2.24. The van der Waals surface area contributed by atoms with Crippen LogP contribution in [0.25, 0.3) is 0 Å². The summed E-state index contributed by atoms with van der Waals surface area (Å²) in [6, 6.07) is -0.0101. The first-order valence-electron chi connectivity index (χ1n) is 3.25. The van der Waals surface area contributed by atoms with Gasteiger partial charge >= 0.3 is 0 Å². The lowest BCUT2D eigenvalue weighted by Gasteiger charge is -2.05. The molecule has 56 valence electrons. The van der Waals surface area contributed by atoms with E-state index in [0.29, 0.717) is 0 Å². The fourth-order valence-electron chi connectivity index (χ4n) is 0.470. The summed E-state index contributed by atoms with van der Waals surface area (Å²) >= 11 is 1.86. The molecule has 0 saturated heterocycles. The van der Waals surface area contributed by atoms with E-state index < -0.39 is 0 Å². The van der Waals surface area contributed by atoms with E-state index in [0.717, 1.165) is 17.9 Å². The van der Waals surface area contributed by atoms with E-state index in [9.17, 15) is 0 Å². The van der Waals surface area contributed by atoms with Gasteiger partial charge in [0.1, 0.15) is 0 Å². The third-order valence-corrected chi connectivity index (χ3v) is 2.00. The molecule has 9 heavy (non-hydrogen) atoms. The van der Waals surface area contributed by atoms with Gasteiger partial charge in [-0.3, -0.25) is 0 Å². The molecule has 1 atom stereocenters. The minimum atomic E-state index is -0.0101. The predicted molar refractivity (Wildman–Crippen MR) is 42.7 cm³/mol. The van der Waals surface area contributed by atoms with Crippen molar-refractivity contribution >= 4 is 11.8 Å². The van der Waals surface area contributed by atoms with E-state index in [1.807, 2.05) is 11.8 Å². The largest absolute Gasteiger partial charge is 0.395 e. The van der Waals surface area contributed by atoms with Crippen LogP contribution in [0, 0.1) is 0 Å². The van der Waals surface area contributed by atoms with Gasteiger partial charge in [0.15, 0.2) is 0 Å². The van der Waals surface area contributed by atoms with E-state index in [1.54, 1.807) is 0 Å². The molecule has 0 aromatic rings. The zero-order chi connectivity index (χ0) is 7.11. The first-order valence-corrected chi connectivity index (χ1v) is 4.41. The zero-order valence-corrected chi connectivity index (χ0v) is 6.66. The SMILES string of the molecule is CCSCC[C@@H](N)CO. The van der Waals surface area contributed by atoms with Crippen LogP contribution in [0.4, 0.5) is 0 Å². The minimum Gasteiger partial charge on any atom is -0.395 e. The topological polar surface area (TPSA) is 46.2 Å². The van der Waals surface area contributed by atoms with Crippen molar-refractivity contribution in [1.82, 2.24) is 0 Å². The van der Waals surface area contributed by atoms with Crippen molar-refractivity contribution in [2.45, 2.75) is 19.4 Å². The smallest absolute Gasteiger partial charge is 0.0582 e. The monoisotopic (exact) mass is 149 g/mol. The van der Waals surface area contributed by atoms with Crippen molar-refractivity contribution in [1.29, 1.82) is 0 Å². The minimum absolute atomic E-state index is 0.0101. The molecule has 0 aromatic carbocycles. The van der Waals surface area contributed by atoms with Crippen LogP contribution in [0.5, 0.6) is 0 Å². The van der Waals surface area contributed by atoms with Crippen molar-refractivity contribution in [2.24, 2.45) is 5.73 Å². The van der Waals surface area contributed by atoms with E-state index in [4.69, 9.17) is 10.8 Å². The summed E-state index contributed by atoms with van der Waals surface area (Å²) < 4.78 is 0. The molecule has 0 aliphatic heterocycles. The second kappa shape index (κ2) is 6.39. The zero-order valence-electron chi connectivity index (χ0n) is 5.84. The second-order valence-corrected chi connectivity index (χ2v) is 3.32. The Morgan fingerprint density at radius 3 is 2.78 bits per heavy atom. The van der Waals surface area contributed by atoms with Gasteiger partial charge in [0.2, 0.25) is 0 Å². The molecule has 0 unspecified atom stereocenters. The van der Waals surface area contributed by atoms with Crippen molar-refractivity contribution < 1.29 is 5.11 Å². The van der Waals surface area contributed by atoms with Gasteiger partial charge in [-0.25, -0.2) is 0 Å². The molecule has 3 heteroatoms. The van der Waals surface area contributed by atoms with E-state index in [2.05, 4.69) is 6.92 Å². The Hall–Kier alpha value is 0.270. The molecule has 0 fully saturated rings. The molecule has 3 N–H and O–H groups in total. The molecule has 0 aliphatic rings. The first kappa shape index (κ1) is 9.27. The lowest BCUT2D eigenvalue weighted by atomic mass is 10.3. The normalized spacial score (nSPS) is 13.7. The van der Waals surface area contributed by atoms with Gasteiger partial charge in [0.25, 0.3) is 0 Å². The van der Waals surface area contributed by atoms with Gasteiger partial charge in [-0.1, -0.05) is 6.92 Å². The van der Waals surface area contributed by atoms with Gasteiger partial charge in [0.05, 0.1) is 6.61 Å². The van der Waals surface area contributed by atoms with Crippen molar-refractivity contribution in [3.8, 4) is 0 Å². The van der Waals surface area contributed by atoms with E-state index >= 15 is 0 Å². The average molecular weight is 149 g/mol. The van der Waals surface area contributed by atoms with Crippen molar-refractivity contribution in [2.75, 3.05) is 18.1 Å². The van der Waals surface area contributed by atoms with Crippen molar-refractivity contribution in [3.63, 3.8) is 0 Å². The molecule has 0 aliphatic carbocycles. The summed E-state index contributed by atoms with van der Waals surface area (Å²) in [5, 5.41) is 8.50. The summed E-state index contributed by atoms with van der Waals surface area (Å²) in [5.74, 6) is 2.20. The third kappa shape index (κ3) is 6.15. The fourth-order valence-corrected chi connectivity index (χ4v) is 1.23. The molecule has 0 amide bonds. The molecule has 0 saturated carbocycles. The summed E-state index contributed by atoms with van der Waals surface area (Å²) in [5.41, 5.74) is 5.45. The standard InChI is InChI=1S/C6H15NOS/c1-2-9-4-3-6(7)5-8/h6,8H,2-5,7H2,1H3/t6-/m1/s1. The molecule has 0 radical (unpaired) electrons. The van der Waals surface area contributed by atoms with Crippen LogP contribution >= 0.6 is 11.8 Å². The van der Waals surface area contributed by atoms with Gasteiger partial charge in [-0.15, -0.1) is 0 Å². The summed E-state index contributed by atoms with van der Waals surface area (Å²) in [6.07, 6.45) is 0.926. The molecule has 0 bridgehead atoms. The Morgan fingerprint density at radius 1 is 1.67 bits per heavy atom. The molecule has 0 rings (SSSR count). The molecule has 0 heterocycles. The molecule has 0 spiro atoms. The van der Waals surface area contributed by atoms with Gasteiger partial charge < -0.3 is 10.8 Å². The van der Waals surface area contributed by atoms with Crippen LogP contribution in [-0.4, -0.2) is 29.3 Å².